The Morgan fingerprint density at radius 3 is 2.90 bits per heavy atom. The van der Waals surface area contributed by atoms with Crippen molar-refractivity contribution in [3.05, 3.63) is 24.0 Å². The van der Waals surface area contributed by atoms with Crippen molar-refractivity contribution in [2.45, 2.75) is 31.9 Å². The maximum absolute atomic E-state index is 13.5. The average Bonchev–Trinajstić information content (AvgIpc) is 2.97. The molecule has 0 spiro atoms. The number of nitrogens with zero attached hydrogens (tertiary/aromatic N) is 4. The Hall–Kier alpha value is -2.02. The van der Waals surface area contributed by atoms with Crippen LogP contribution in [-0.2, 0) is 10.3 Å². The molecule has 1 aromatic carbocycles. The molecule has 1 aliphatic rings. The van der Waals surface area contributed by atoms with E-state index in [9.17, 15) is 4.39 Å². The highest BCUT2D eigenvalue weighted by molar-refractivity contribution is 5.61. The Kier molecular flexibility index (Phi) is 2.93. The fourth-order valence-electron chi connectivity index (χ4n) is 2.56. The number of anilines is 1. The molecular weight excluding hydrogens is 261 g/mol. The highest BCUT2D eigenvalue weighted by atomic mass is 19.1. The fraction of sp³-hybridized carbons (Fsp3) is 0.462. The number of nitrogens with two attached hydrogens (primary N) is 1. The molecule has 7 heteroatoms. The minimum atomic E-state index is -0.407. The summed E-state index contributed by atoms with van der Waals surface area (Å²) in [4.78, 5) is 0. The minimum Gasteiger partial charge on any atom is -0.399 e. The van der Waals surface area contributed by atoms with E-state index in [0.717, 1.165) is 6.42 Å². The molecule has 0 amide bonds. The molecule has 0 bridgehead atoms. The number of hydrogen-bond donors (Lipinski definition) is 1. The van der Waals surface area contributed by atoms with Crippen LogP contribution in [0.1, 0.15) is 20.3 Å². The second-order valence-corrected chi connectivity index (χ2v) is 5.31. The van der Waals surface area contributed by atoms with E-state index in [4.69, 9.17) is 10.5 Å². The molecule has 1 fully saturated rings. The summed E-state index contributed by atoms with van der Waals surface area (Å²) in [7, 11) is 0. The van der Waals surface area contributed by atoms with Crippen molar-refractivity contribution in [1.29, 1.82) is 0 Å². The number of aromatic nitrogens is 4. The summed E-state index contributed by atoms with van der Waals surface area (Å²) in [5.74, 6) is 0.0893. The minimum absolute atomic E-state index is 0.0179. The van der Waals surface area contributed by atoms with Crippen LogP contribution < -0.4 is 5.73 Å². The Labute approximate surface area is 115 Å². The van der Waals surface area contributed by atoms with Crippen LogP contribution in [0, 0.1) is 5.82 Å². The lowest BCUT2D eigenvalue weighted by molar-refractivity contribution is 0.0706. The summed E-state index contributed by atoms with van der Waals surface area (Å²) in [5, 5.41) is 11.8. The van der Waals surface area contributed by atoms with Crippen LogP contribution in [0.5, 0.6) is 0 Å². The molecule has 1 aliphatic heterocycles. The molecule has 2 atom stereocenters. The van der Waals surface area contributed by atoms with Gasteiger partial charge in [0.15, 0.2) is 5.82 Å². The van der Waals surface area contributed by atoms with E-state index in [0.29, 0.717) is 23.7 Å². The number of ether oxygens (including phenoxy) is 1. The second kappa shape index (κ2) is 4.52. The third-order valence-corrected chi connectivity index (χ3v) is 3.98. The summed E-state index contributed by atoms with van der Waals surface area (Å²) in [6.45, 7) is 4.67. The van der Waals surface area contributed by atoms with Crippen LogP contribution >= 0.6 is 0 Å². The zero-order valence-electron chi connectivity index (χ0n) is 11.4. The van der Waals surface area contributed by atoms with Crippen molar-refractivity contribution >= 4 is 5.69 Å². The third kappa shape index (κ3) is 1.94. The molecule has 2 unspecified atom stereocenters. The van der Waals surface area contributed by atoms with Crippen LogP contribution in [0.25, 0.3) is 11.4 Å². The van der Waals surface area contributed by atoms with Gasteiger partial charge < -0.3 is 10.5 Å². The Morgan fingerprint density at radius 1 is 1.45 bits per heavy atom. The van der Waals surface area contributed by atoms with Crippen LogP contribution in [0.4, 0.5) is 10.1 Å². The van der Waals surface area contributed by atoms with E-state index >= 15 is 0 Å². The summed E-state index contributed by atoms with van der Waals surface area (Å²) in [5.41, 5.74) is 6.25. The summed E-state index contributed by atoms with van der Waals surface area (Å²) >= 11 is 0. The van der Waals surface area contributed by atoms with E-state index in [2.05, 4.69) is 15.5 Å². The topological polar surface area (TPSA) is 78.8 Å². The van der Waals surface area contributed by atoms with Gasteiger partial charge in [-0.25, -0.2) is 9.07 Å². The van der Waals surface area contributed by atoms with Crippen molar-refractivity contribution < 1.29 is 9.13 Å². The molecule has 0 saturated carbocycles. The smallest absolute Gasteiger partial charge is 0.182 e. The number of hydrogen-bond acceptors (Lipinski definition) is 5. The van der Waals surface area contributed by atoms with Gasteiger partial charge in [0.25, 0.3) is 0 Å². The molecule has 20 heavy (non-hydrogen) atoms. The molecule has 106 valence electrons. The summed E-state index contributed by atoms with van der Waals surface area (Å²) < 4.78 is 20.8. The lowest BCUT2D eigenvalue weighted by Gasteiger charge is -2.28. The summed E-state index contributed by atoms with van der Waals surface area (Å²) in [6.07, 6.45) is 0.785. The van der Waals surface area contributed by atoms with Crippen LogP contribution in [0.3, 0.4) is 0 Å². The van der Waals surface area contributed by atoms with Crippen molar-refractivity contribution in [2.24, 2.45) is 0 Å². The largest absolute Gasteiger partial charge is 0.399 e. The molecular formula is C13H16FN5O. The van der Waals surface area contributed by atoms with Crippen LogP contribution in [0.15, 0.2) is 18.2 Å². The quantitative estimate of drug-likeness (QED) is 0.843. The first kappa shape index (κ1) is 13.0. The normalized spacial score (nSPS) is 26.1. The van der Waals surface area contributed by atoms with Crippen molar-refractivity contribution in [1.82, 2.24) is 20.2 Å². The standard InChI is InChI=1S/C13H16FN5O/c1-8-13(2,3-4-20-8)19-12(16-17-18-19)9-5-10(14)7-11(15)6-9/h5-8H,3-4,15H2,1-2H3. The van der Waals surface area contributed by atoms with Crippen LogP contribution in [-0.4, -0.2) is 32.9 Å². The fourth-order valence-corrected chi connectivity index (χ4v) is 2.56. The van der Waals surface area contributed by atoms with Gasteiger partial charge in [-0.1, -0.05) is 0 Å². The lowest BCUT2D eigenvalue weighted by Crippen LogP contribution is -2.38. The molecule has 0 radical (unpaired) electrons. The van der Waals surface area contributed by atoms with Gasteiger partial charge in [-0.2, -0.15) is 0 Å². The molecule has 0 aliphatic carbocycles. The number of benzene rings is 1. The van der Waals surface area contributed by atoms with E-state index < -0.39 is 5.82 Å². The SMILES string of the molecule is CC1OCCC1(C)n1nnnc1-c1cc(N)cc(F)c1. The van der Waals surface area contributed by atoms with Gasteiger partial charge in [-0.3, -0.25) is 0 Å². The monoisotopic (exact) mass is 277 g/mol. The molecule has 2 heterocycles. The first-order valence-corrected chi connectivity index (χ1v) is 6.47. The number of halogens is 1. The maximum atomic E-state index is 13.5. The highest BCUT2D eigenvalue weighted by Crippen LogP contribution is 2.35. The maximum Gasteiger partial charge on any atom is 0.182 e. The van der Waals surface area contributed by atoms with Gasteiger partial charge in [0.1, 0.15) is 5.82 Å². The number of rotatable bonds is 2. The van der Waals surface area contributed by atoms with Gasteiger partial charge in [0.2, 0.25) is 0 Å². The van der Waals surface area contributed by atoms with Crippen molar-refractivity contribution in [3.63, 3.8) is 0 Å². The zero-order valence-corrected chi connectivity index (χ0v) is 11.4. The third-order valence-electron chi connectivity index (χ3n) is 3.98. The Bertz CT molecular complexity index is 623. The van der Waals surface area contributed by atoms with E-state index in [1.807, 2.05) is 13.8 Å². The second-order valence-electron chi connectivity index (χ2n) is 5.31. The molecule has 2 aromatic rings. The van der Waals surface area contributed by atoms with Crippen LogP contribution in [0.2, 0.25) is 0 Å². The van der Waals surface area contributed by atoms with Gasteiger partial charge in [-0.05, 0) is 48.9 Å². The van der Waals surface area contributed by atoms with Gasteiger partial charge in [-0.15, -0.1) is 5.10 Å². The predicted molar refractivity (Wildman–Crippen MR) is 71.3 cm³/mol. The molecule has 2 N–H and O–H groups in total. The summed E-state index contributed by atoms with van der Waals surface area (Å²) in [6, 6.07) is 4.30. The number of nitrogen functional groups attached to an aromatic ring is 1. The number of tetrazole rings is 1. The molecule has 3 rings (SSSR count). The highest BCUT2D eigenvalue weighted by Gasteiger charge is 2.41. The average molecular weight is 277 g/mol. The first-order valence-electron chi connectivity index (χ1n) is 6.47. The first-order chi connectivity index (χ1) is 9.50. The predicted octanol–water partition coefficient (Wildman–Crippen LogP) is 1.59. The molecule has 6 nitrogen and oxygen atoms in total. The van der Waals surface area contributed by atoms with E-state index in [1.165, 1.54) is 12.1 Å². The Morgan fingerprint density at radius 2 is 2.25 bits per heavy atom. The molecule has 1 saturated heterocycles. The van der Waals surface area contributed by atoms with E-state index in [1.54, 1.807) is 10.7 Å². The van der Waals surface area contributed by atoms with Gasteiger partial charge in [0, 0.05) is 17.9 Å². The van der Waals surface area contributed by atoms with E-state index in [-0.39, 0.29) is 11.6 Å². The van der Waals surface area contributed by atoms with Gasteiger partial charge >= 0.3 is 0 Å². The van der Waals surface area contributed by atoms with Crippen molar-refractivity contribution in [2.75, 3.05) is 12.3 Å². The zero-order chi connectivity index (χ0) is 14.3. The van der Waals surface area contributed by atoms with Crippen molar-refractivity contribution in [3.8, 4) is 11.4 Å². The van der Waals surface area contributed by atoms with Gasteiger partial charge in [0.05, 0.1) is 11.6 Å². The Balaban J connectivity index is 2.10. The molecule has 1 aromatic heterocycles. The lowest BCUT2D eigenvalue weighted by atomic mass is 9.94.